The van der Waals surface area contributed by atoms with E-state index in [9.17, 15) is 9.90 Å². The molecule has 1 amide bonds. The molecule has 3 heteroatoms. The van der Waals surface area contributed by atoms with Crippen molar-refractivity contribution in [2.24, 2.45) is 5.92 Å². The highest BCUT2D eigenvalue weighted by Gasteiger charge is 2.25. The van der Waals surface area contributed by atoms with Crippen molar-refractivity contribution >= 4 is 5.91 Å². The monoisotopic (exact) mass is 237 g/mol. The Morgan fingerprint density at radius 1 is 1.35 bits per heavy atom. The van der Waals surface area contributed by atoms with Crippen LogP contribution in [0.2, 0.25) is 0 Å². The first kappa shape index (κ1) is 14.1. The van der Waals surface area contributed by atoms with Crippen molar-refractivity contribution in [2.75, 3.05) is 6.61 Å². The van der Waals surface area contributed by atoms with E-state index in [1.165, 1.54) is 6.42 Å². The highest BCUT2D eigenvalue weighted by Crippen LogP contribution is 2.24. The largest absolute Gasteiger partial charge is 0.396 e. The van der Waals surface area contributed by atoms with Gasteiger partial charge in [0, 0.05) is 31.4 Å². The molecule has 2 unspecified atom stereocenters. The van der Waals surface area contributed by atoms with E-state index >= 15 is 0 Å². The molecule has 3 nitrogen and oxygen atoms in total. The third-order valence-corrected chi connectivity index (χ3v) is 3.46. The second kappa shape index (κ2) is 8.14. The van der Waals surface area contributed by atoms with Crippen LogP contribution in [-0.4, -0.2) is 23.7 Å². The van der Waals surface area contributed by atoms with Crippen molar-refractivity contribution in [3.8, 4) is 12.3 Å². The summed E-state index contributed by atoms with van der Waals surface area (Å²) >= 11 is 0. The number of amides is 1. The fourth-order valence-corrected chi connectivity index (χ4v) is 2.41. The maximum absolute atomic E-state index is 11.7. The summed E-state index contributed by atoms with van der Waals surface area (Å²) in [4.78, 5) is 11.7. The molecular weight excluding hydrogens is 214 g/mol. The minimum absolute atomic E-state index is 0.104. The number of hydrogen-bond donors (Lipinski definition) is 2. The van der Waals surface area contributed by atoms with Gasteiger partial charge in [-0.2, -0.15) is 0 Å². The van der Waals surface area contributed by atoms with E-state index in [1.807, 2.05) is 0 Å². The van der Waals surface area contributed by atoms with Crippen molar-refractivity contribution in [1.29, 1.82) is 0 Å². The van der Waals surface area contributed by atoms with Crippen LogP contribution in [0.5, 0.6) is 0 Å². The molecule has 0 aromatic rings. The Morgan fingerprint density at radius 3 is 2.82 bits per heavy atom. The number of aliphatic hydroxyl groups is 1. The Kier molecular flexibility index (Phi) is 6.73. The lowest BCUT2D eigenvalue weighted by atomic mass is 9.85. The Bertz CT molecular complexity index is 270. The molecule has 0 aromatic carbocycles. The lowest BCUT2D eigenvalue weighted by Crippen LogP contribution is -2.43. The first-order chi connectivity index (χ1) is 8.27. The number of rotatable bonds is 6. The normalized spacial score (nSPS) is 24.0. The Labute approximate surface area is 104 Å². The van der Waals surface area contributed by atoms with Crippen LogP contribution >= 0.6 is 0 Å². The summed E-state index contributed by atoms with van der Waals surface area (Å²) in [7, 11) is 0. The van der Waals surface area contributed by atoms with Gasteiger partial charge in [0.25, 0.3) is 0 Å². The lowest BCUT2D eigenvalue weighted by Gasteiger charge is -2.30. The number of aliphatic hydroxyl groups excluding tert-OH is 1. The van der Waals surface area contributed by atoms with E-state index in [1.54, 1.807) is 0 Å². The van der Waals surface area contributed by atoms with Gasteiger partial charge < -0.3 is 10.4 Å². The van der Waals surface area contributed by atoms with Crippen LogP contribution < -0.4 is 5.32 Å². The zero-order valence-electron chi connectivity index (χ0n) is 10.5. The topological polar surface area (TPSA) is 49.3 Å². The van der Waals surface area contributed by atoms with Gasteiger partial charge in [0.15, 0.2) is 0 Å². The minimum atomic E-state index is 0.104. The standard InChI is InChI=1S/C14H23NO2/c1-2-3-4-5-10-14(17)15-13-9-7-6-8-12(13)11-16/h1,12-13,16H,3-11H2,(H,15,17). The number of carbonyl (C=O) groups is 1. The molecular formula is C14H23NO2. The molecule has 0 aliphatic heterocycles. The van der Waals surface area contributed by atoms with Crippen molar-refractivity contribution in [2.45, 2.75) is 57.4 Å². The summed E-state index contributed by atoms with van der Waals surface area (Å²) in [5.74, 6) is 2.93. The molecule has 1 aliphatic carbocycles. The molecule has 0 radical (unpaired) electrons. The Hall–Kier alpha value is -1.01. The highest BCUT2D eigenvalue weighted by molar-refractivity contribution is 5.76. The molecule has 0 heterocycles. The summed E-state index contributed by atoms with van der Waals surface area (Å²) in [5.41, 5.74) is 0. The summed E-state index contributed by atoms with van der Waals surface area (Å²) < 4.78 is 0. The first-order valence-electron chi connectivity index (χ1n) is 6.61. The number of terminal acetylenes is 1. The van der Waals surface area contributed by atoms with Crippen LogP contribution in [-0.2, 0) is 4.79 Å². The van der Waals surface area contributed by atoms with Crippen LogP contribution in [0.4, 0.5) is 0 Å². The van der Waals surface area contributed by atoms with Gasteiger partial charge >= 0.3 is 0 Å². The number of nitrogens with one attached hydrogen (secondary N) is 1. The average Bonchev–Trinajstić information content (AvgIpc) is 2.35. The highest BCUT2D eigenvalue weighted by atomic mass is 16.3. The zero-order valence-corrected chi connectivity index (χ0v) is 10.5. The van der Waals surface area contributed by atoms with Gasteiger partial charge in [0.2, 0.25) is 5.91 Å². The molecule has 17 heavy (non-hydrogen) atoms. The second-order valence-electron chi connectivity index (χ2n) is 4.81. The SMILES string of the molecule is C#CCCCCC(=O)NC1CCCCC1CO. The van der Waals surface area contributed by atoms with Gasteiger partial charge in [-0.25, -0.2) is 0 Å². The second-order valence-corrected chi connectivity index (χ2v) is 4.81. The Balaban J connectivity index is 2.22. The Morgan fingerprint density at radius 2 is 2.12 bits per heavy atom. The predicted octanol–water partition coefficient (Wildman–Crippen LogP) is 1.85. The summed E-state index contributed by atoms with van der Waals surface area (Å²) in [6.45, 7) is 0.183. The van der Waals surface area contributed by atoms with Crippen molar-refractivity contribution in [1.82, 2.24) is 5.32 Å². The minimum Gasteiger partial charge on any atom is -0.396 e. The van der Waals surface area contributed by atoms with E-state index in [0.717, 1.165) is 38.5 Å². The van der Waals surface area contributed by atoms with Gasteiger partial charge in [0.1, 0.15) is 0 Å². The molecule has 0 bridgehead atoms. The molecule has 2 atom stereocenters. The first-order valence-corrected chi connectivity index (χ1v) is 6.61. The third kappa shape index (κ3) is 5.23. The van der Waals surface area contributed by atoms with E-state index in [4.69, 9.17) is 6.42 Å². The van der Waals surface area contributed by atoms with Crippen LogP contribution in [0, 0.1) is 18.3 Å². The van der Waals surface area contributed by atoms with E-state index in [-0.39, 0.29) is 24.5 Å². The van der Waals surface area contributed by atoms with Crippen molar-refractivity contribution < 1.29 is 9.90 Å². The summed E-state index contributed by atoms with van der Waals surface area (Å²) in [6, 6.07) is 0.175. The molecule has 0 saturated heterocycles. The van der Waals surface area contributed by atoms with Gasteiger partial charge in [-0.15, -0.1) is 12.3 Å². The predicted molar refractivity (Wildman–Crippen MR) is 68.3 cm³/mol. The zero-order chi connectivity index (χ0) is 12.5. The summed E-state index contributed by atoms with van der Waals surface area (Å²) in [5, 5.41) is 12.3. The molecule has 96 valence electrons. The third-order valence-electron chi connectivity index (χ3n) is 3.46. The van der Waals surface area contributed by atoms with Gasteiger partial charge in [0.05, 0.1) is 0 Å². The molecule has 1 saturated carbocycles. The number of unbranched alkanes of at least 4 members (excludes halogenated alkanes) is 2. The molecule has 0 aromatic heterocycles. The molecule has 2 N–H and O–H groups in total. The molecule has 1 fully saturated rings. The van der Waals surface area contributed by atoms with Crippen LogP contribution in [0.3, 0.4) is 0 Å². The van der Waals surface area contributed by atoms with Gasteiger partial charge in [-0.1, -0.05) is 12.8 Å². The maximum Gasteiger partial charge on any atom is 0.220 e. The van der Waals surface area contributed by atoms with Gasteiger partial charge in [-0.3, -0.25) is 4.79 Å². The molecule has 0 spiro atoms. The van der Waals surface area contributed by atoms with Crippen molar-refractivity contribution in [3.05, 3.63) is 0 Å². The van der Waals surface area contributed by atoms with Crippen molar-refractivity contribution in [3.63, 3.8) is 0 Å². The smallest absolute Gasteiger partial charge is 0.220 e. The fourth-order valence-electron chi connectivity index (χ4n) is 2.41. The van der Waals surface area contributed by atoms with Crippen LogP contribution in [0.25, 0.3) is 0 Å². The average molecular weight is 237 g/mol. The number of hydrogen-bond acceptors (Lipinski definition) is 2. The van der Waals surface area contributed by atoms with Gasteiger partial charge in [-0.05, 0) is 25.7 Å². The van der Waals surface area contributed by atoms with E-state index in [0.29, 0.717) is 6.42 Å². The van der Waals surface area contributed by atoms with Crippen LogP contribution in [0.15, 0.2) is 0 Å². The number of carbonyl (C=O) groups excluding carboxylic acids is 1. The fraction of sp³-hybridized carbons (Fsp3) is 0.786. The van der Waals surface area contributed by atoms with E-state index in [2.05, 4.69) is 11.2 Å². The molecule has 1 aliphatic rings. The summed E-state index contributed by atoms with van der Waals surface area (Å²) in [6.07, 6.45) is 12.6. The molecule has 1 rings (SSSR count). The quantitative estimate of drug-likeness (QED) is 0.547. The maximum atomic E-state index is 11.7. The van der Waals surface area contributed by atoms with Crippen LogP contribution in [0.1, 0.15) is 51.4 Å². The van der Waals surface area contributed by atoms with E-state index < -0.39 is 0 Å². The lowest BCUT2D eigenvalue weighted by molar-refractivity contribution is -0.122.